The molecule has 4 heteroatoms. The Labute approximate surface area is 105 Å². The smallest absolute Gasteiger partial charge is 0.248 e. The second-order valence-electron chi connectivity index (χ2n) is 5.32. The van der Waals surface area contributed by atoms with Gasteiger partial charge in [0.15, 0.2) is 0 Å². The molecule has 1 heterocycles. The average Bonchev–Trinajstić information content (AvgIpc) is 2.92. The molecule has 0 aromatic heterocycles. The Bertz CT molecular complexity index is 447. The third kappa shape index (κ3) is 2.48. The zero-order chi connectivity index (χ0) is 12.6. The number of anilines is 1. The summed E-state index contributed by atoms with van der Waals surface area (Å²) in [5.41, 5.74) is 3.44. The Balaban J connectivity index is 1.57. The van der Waals surface area contributed by atoms with Gasteiger partial charge in [0, 0.05) is 25.1 Å². The van der Waals surface area contributed by atoms with Crippen molar-refractivity contribution < 1.29 is 13.5 Å². The van der Waals surface area contributed by atoms with Crippen LogP contribution in [0.5, 0.6) is 0 Å². The van der Waals surface area contributed by atoms with E-state index in [0.29, 0.717) is 26.2 Å². The molecule has 1 fully saturated rings. The molecule has 0 amide bonds. The van der Waals surface area contributed by atoms with Gasteiger partial charge in [-0.25, -0.2) is 8.78 Å². The van der Waals surface area contributed by atoms with Crippen LogP contribution in [0.2, 0.25) is 0 Å². The summed E-state index contributed by atoms with van der Waals surface area (Å²) in [4.78, 5) is 0. The van der Waals surface area contributed by atoms with Gasteiger partial charge >= 0.3 is 0 Å². The van der Waals surface area contributed by atoms with E-state index >= 15 is 0 Å². The minimum Gasteiger partial charge on any atom is -0.385 e. The van der Waals surface area contributed by atoms with Crippen molar-refractivity contribution in [2.75, 3.05) is 11.9 Å². The summed E-state index contributed by atoms with van der Waals surface area (Å²) in [7, 11) is 0. The van der Waals surface area contributed by atoms with Crippen LogP contribution < -0.4 is 5.32 Å². The summed E-state index contributed by atoms with van der Waals surface area (Å²) in [5, 5.41) is 3.27. The van der Waals surface area contributed by atoms with Gasteiger partial charge in [0.25, 0.3) is 0 Å². The number of hydrogen-bond donors (Lipinski definition) is 1. The van der Waals surface area contributed by atoms with Crippen molar-refractivity contribution in [3.05, 3.63) is 29.3 Å². The van der Waals surface area contributed by atoms with E-state index in [9.17, 15) is 8.78 Å². The first-order valence-corrected chi connectivity index (χ1v) is 6.44. The molecule has 1 saturated carbocycles. The molecular weight excluding hydrogens is 236 g/mol. The number of fused-ring (bicyclic) bond motifs is 1. The highest BCUT2D eigenvalue weighted by atomic mass is 19.3. The minimum absolute atomic E-state index is 0.0219. The highest BCUT2D eigenvalue weighted by Crippen LogP contribution is 2.38. The van der Waals surface area contributed by atoms with Crippen LogP contribution in [0.15, 0.2) is 18.2 Å². The highest BCUT2D eigenvalue weighted by molar-refractivity contribution is 5.49. The van der Waals surface area contributed by atoms with Crippen molar-refractivity contribution in [3.8, 4) is 0 Å². The molecule has 1 aromatic rings. The van der Waals surface area contributed by atoms with Gasteiger partial charge in [-0.05, 0) is 35.6 Å². The Morgan fingerprint density at radius 2 is 2.11 bits per heavy atom. The van der Waals surface area contributed by atoms with Crippen LogP contribution in [0.25, 0.3) is 0 Å². The number of hydrogen-bond acceptors (Lipinski definition) is 2. The molecule has 1 atom stereocenters. The first kappa shape index (κ1) is 11.9. The molecule has 1 aliphatic carbocycles. The maximum absolute atomic E-state index is 13.1. The molecule has 0 spiro atoms. The first-order chi connectivity index (χ1) is 8.62. The largest absolute Gasteiger partial charge is 0.385 e. The van der Waals surface area contributed by atoms with Crippen molar-refractivity contribution in [1.29, 1.82) is 0 Å². The maximum Gasteiger partial charge on any atom is 0.248 e. The van der Waals surface area contributed by atoms with Crippen molar-refractivity contribution in [3.63, 3.8) is 0 Å². The van der Waals surface area contributed by atoms with Crippen LogP contribution >= 0.6 is 0 Å². The topological polar surface area (TPSA) is 21.3 Å². The van der Waals surface area contributed by atoms with Crippen molar-refractivity contribution in [2.45, 2.75) is 38.4 Å². The van der Waals surface area contributed by atoms with E-state index < -0.39 is 5.92 Å². The molecule has 1 aromatic carbocycles. The van der Waals surface area contributed by atoms with Gasteiger partial charge in [0.1, 0.15) is 0 Å². The van der Waals surface area contributed by atoms with Gasteiger partial charge < -0.3 is 10.1 Å². The number of ether oxygens (including phenoxy) is 1. The fraction of sp³-hybridized carbons (Fsp3) is 0.571. The lowest BCUT2D eigenvalue weighted by Crippen LogP contribution is -2.15. The number of nitrogens with one attached hydrogen (secondary N) is 1. The molecule has 1 aliphatic heterocycles. The van der Waals surface area contributed by atoms with Crippen LogP contribution in [-0.4, -0.2) is 12.5 Å². The van der Waals surface area contributed by atoms with Gasteiger partial charge in [-0.2, -0.15) is 0 Å². The molecule has 1 N–H and O–H groups in total. The van der Waals surface area contributed by atoms with Crippen LogP contribution in [-0.2, 0) is 18.0 Å². The second-order valence-corrected chi connectivity index (χ2v) is 5.32. The van der Waals surface area contributed by atoms with E-state index in [1.54, 1.807) is 0 Å². The number of halogens is 2. The lowest BCUT2D eigenvalue weighted by atomic mass is 10.1. The van der Waals surface area contributed by atoms with Gasteiger partial charge in [0.2, 0.25) is 5.92 Å². The van der Waals surface area contributed by atoms with Crippen LogP contribution in [0.4, 0.5) is 14.5 Å². The molecule has 0 radical (unpaired) electrons. The fourth-order valence-electron chi connectivity index (χ4n) is 2.76. The summed E-state index contributed by atoms with van der Waals surface area (Å²) in [6, 6.07) is 6.12. The van der Waals surface area contributed by atoms with Crippen molar-refractivity contribution in [2.24, 2.45) is 5.92 Å². The number of rotatable bonds is 3. The molecule has 3 rings (SSSR count). The van der Waals surface area contributed by atoms with Crippen LogP contribution in [0, 0.1) is 5.92 Å². The summed E-state index contributed by atoms with van der Waals surface area (Å²) < 4.78 is 31.5. The van der Waals surface area contributed by atoms with Crippen molar-refractivity contribution >= 4 is 5.69 Å². The van der Waals surface area contributed by atoms with E-state index in [1.165, 1.54) is 11.1 Å². The molecule has 2 aliphatic rings. The Morgan fingerprint density at radius 1 is 1.28 bits per heavy atom. The van der Waals surface area contributed by atoms with Gasteiger partial charge in [-0.15, -0.1) is 0 Å². The average molecular weight is 253 g/mol. The molecular formula is C14H17F2NO. The molecule has 0 bridgehead atoms. The minimum atomic E-state index is -2.45. The maximum atomic E-state index is 13.1. The third-order valence-corrected chi connectivity index (χ3v) is 3.82. The van der Waals surface area contributed by atoms with Gasteiger partial charge in [-0.3, -0.25) is 0 Å². The van der Waals surface area contributed by atoms with Gasteiger partial charge in [0.05, 0.1) is 13.2 Å². The molecule has 1 unspecified atom stereocenters. The monoisotopic (exact) mass is 253 g/mol. The number of benzene rings is 1. The SMILES string of the molecule is FC1(F)CCC(CNc2ccc3c(c2)COC3)C1. The first-order valence-electron chi connectivity index (χ1n) is 6.44. The summed E-state index contributed by atoms with van der Waals surface area (Å²) in [5.74, 6) is -2.36. The molecule has 0 saturated heterocycles. The predicted octanol–water partition coefficient (Wildman–Crippen LogP) is 3.56. The lowest BCUT2D eigenvalue weighted by molar-refractivity contribution is 0.00556. The standard InChI is InChI=1S/C14H17F2NO/c15-14(16)4-3-10(6-14)7-17-13-2-1-11-8-18-9-12(11)5-13/h1-2,5,10,17H,3-4,6-9H2. The fourth-order valence-corrected chi connectivity index (χ4v) is 2.76. The second kappa shape index (κ2) is 4.50. The number of alkyl halides is 2. The van der Waals surface area contributed by atoms with E-state index in [0.717, 1.165) is 5.69 Å². The highest BCUT2D eigenvalue weighted by Gasteiger charge is 2.39. The summed E-state index contributed by atoms with van der Waals surface area (Å²) >= 11 is 0. The van der Waals surface area contributed by atoms with Crippen LogP contribution in [0.3, 0.4) is 0 Å². The summed E-state index contributed by atoms with van der Waals surface area (Å²) in [6.45, 7) is 1.98. The van der Waals surface area contributed by atoms with E-state index in [-0.39, 0.29) is 18.8 Å². The third-order valence-electron chi connectivity index (χ3n) is 3.82. The van der Waals surface area contributed by atoms with E-state index in [1.807, 2.05) is 12.1 Å². The summed E-state index contributed by atoms with van der Waals surface area (Å²) in [6.07, 6.45) is 0.680. The van der Waals surface area contributed by atoms with E-state index in [2.05, 4.69) is 11.4 Å². The van der Waals surface area contributed by atoms with Crippen LogP contribution in [0.1, 0.15) is 30.4 Å². The lowest BCUT2D eigenvalue weighted by Gasteiger charge is -2.13. The van der Waals surface area contributed by atoms with E-state index in [4.69, 9.17) is 4.74 Å². The Kier molecular flexibility index (Phi) is 2.98. The molecule has 2 nitrogen and oxygen atoms in total. The Morgan fingerprint density at radius 3 is 2.89 bits per heavy atom. The quantitative estimate of drug-likeness (QED) is 0.889. The zero-order valence-electron chi connectivity index (χ0n) is 10.2. The molecule has 18 heavy (non-hydrogen) atoms. The predicted molar refractivity (Wildman–Crippen MR) is 65.7 cm³/mol. The van der Waals surface area contributed by atoms with Crippen molar-refractivity contribution in [1.82, 2.24) is 0 Å². The Hall–Kier alpha value is -1.16. The molecule has 98 valence electrons. The normalized spacial score (nSPS) is 25.1. The zero-order valence-corrected chi connectivity index (χ0v) is 10.2. The van der Waals surface area contributed by atoms with Gasteiger partial charge in [-0.1, -0.05) is 6.07 Å².